The van der Waals surface area contributed by atoms with Crippen molar-refractivity contribution in [3.8, 4) is 9.75 Å². The van der Waals surface area contributed by atoms with E-state index < -0.39 is 8.15 Å². The Kier molecular flexibility index (Phi) is 4.64. The molecule has 0 N–H and O–H groups in total. The van der Waals surface area contributed by atoms with Gasteiger partial charge in [0.15, 0.2) is 0 Å². The van der Waals surface area contributed by atoms with Crippen molar-refractivity contribution in [2.24, 2.45) is 0 Å². The molecule has 2 heterocycles. The minimum Gasteiger partial charge on any atom is -0.357 e. The van der Waals surface area contributed by atoms with Gasteiger partial charge in [0.05, 0.1) is 12.8 Å². The van der Waals surface area contributed by atoms with Gasteiger partial charge in [0.1, 0.15) is 0 Å². The normalized spacial score (nSPS) is 12.4. The first-order valence-corrected chi connectivity index (χ1v) is 9.50. The fourth-order valence-corrected chi connectivity index (χ4v) is 5.94. The molecule has 1 unspecified atom stereocenters. The van der Waals surface area contributed by atoms with Crippen LogP contribution >= 0.6 is 30.8 Å². The molecule has 0 saturated carbocycles. The molecular weight excluding hydrogens is 303 g/mol. The second-order valence-electron chi connectivity index (χ2n) is 4.32. The van der Waals surface area contributed by atoms with Crippen LogP contribution in [0.5, 0.6) is 0 Å². The molecule has 0 saturated heterocycles. The lowest BCUT2D eigenvalue weighted by Gasteiger charge is -2.13. The molecule has 1 nitrogen and oxygen atoms in total. The lowest BCUT2D eigenvalue weighted by Crippen LogP contribution is -1.98. The molecule has 3 rings (SSSR count). The van der Waals surface area contributed by atoms with Gasteiger partial charge in [0.25, 0.3) is 0 Å². The zero-order valence-corrected chi connectivity index (χ0v) is 13.7. The molecule has 1 aromatic carbocycles. The smallest absolute Gasteiger partial charge is 0.0746 e. The van der Waals surface area contributed by atoms with Crippen LogP contribution in [0.15, 0.2) is 60.0 Å². The lowest BCUT2D eigenvalue weighted by molar-refractivity contribution is 0.467. The van der Waals surface area contributed by atoms with Gasteiger partial charge < -0.3 is 4.52 Å². The molecule has 20 heavy (non-hydrogen) atoms. The number of hydrogen-bond acceptors (Lipinski definition) is 3. The van der Waals surface area contributed by atoms with Crippen molar-refractivity contribution < 1.29 is 4.52 Å². The molecule has 0 aliphatic rings. The molecule has 3 aromatic rings. The van der Waals surface area contributed by atoms with Crippen LogP contribution in [-0.4, -0.2) is 7.11 Å². The summed E-state index contributed by atoms with van der Waals surface area (Å²) in [6.07, 6.45) is 0.983. The minimum absolute atomic E-state index is 0.562. The Balaban J connectivity index is 1.80. The minimum atomic E-state index is -0.562. The molecule has 4 heteroatoms. The molecule has 0 spiro atoms. The molecule has 0 bridgehead atoms. The van der Waals surface area contributed by atoms with Crippen molar-refractivity contribution in [1.82, 2.24) is 0 Å². The zero-order chi connectivity index (χ0) is 13.8. The van der Waals surface area contributed by atoms with Crippen LogP contribution in [0.2, 0.25) is 0 Å². The Morgan fingerprint density at radius 3 is 2.50 bits per heavy atom. The summed E-state index contributed by atoms with van der Waals surface area (Å²) >= 11 is 3.65. The highest BCUT2D eigenvalue weighted by atomic mass is 32.1. The van der Waals surface area contributed by atoms with Gasteiger partial charge in [-0.2, -0.15) is 0 Å². The van der Waals surface area contributed by atoms with Crippen molar-refractivity contribution >= 4 is 35.4 Å². The van der Waals surface area contributed by atoms with E-state index in [0.717, 1.165) is 6.16 Å². The number of thiophene rings is 2. The maximum Gasteiger partial charge on any atom is 0.0746 e. The van der Waals surface area contributed by atoms with Crippen LogP contribution < -0.4 is 4.62 Å². The van der Waals surface area contributed by atoms with Crippen LogP contribution in [-0.2, 0) is 10.7 Å². The molecule has 1 atom stereocenters. The third-order valence-corrected chi connectivity index (χ3v) is 7.56. The van der Waals surface area contributed by atoms with E-state index in [1.165, 1.54) is 19.9 Å². The molecular formula is C16H15OPS2. The molecule has 102 valence electrons. The summed E-state index contributed by atoms with van der Waals surface area (Å²) in [7, 11) is 1.26. The Hall–Kier alpha value is -0.990. The van der Waals surface area contributed by atoms with Gasteiger partial charge in [-0.25, -0.2) is 0 Å². The van der Waals surface area contributed by atoms with E-state index in [0.29, 0.717) is 0 Å². The Labute approximate surface area is 128 Å². The fraction of sp³-hybridized carbons (Fsp3) is 0.125. The highest BCUT2D eigenvalue weighted by molar-refractivity contribution is 7.67. The second kappa shape index (κ2) is 6.64. The largest absolute Gasteiger partial charge is 0.357 e. The van der Waals surface area contributed by atoms with Crippen LogP contribution in [0.25, 0.3) is 9.75 Å². The molecule has 2 aromatic heterocycles. The van der Waals surface area contributed by atoms with Gasteiger partial charge in [-0.3, -0.25) is 0 Å². The summed E-state index contributed by atoms with van der Waals surface area (Å²) in [5, 5.41) is 2.12. The predicted molar refractivity (Wildman–Crippen MR) is 91.3 cm³/mol. The predicted octanol–water partition coefficient (Wildman–Crippen LogP) is 5.35. The first-order valence-electron chi connectivity index (χ1n) is 6.36. The van der Waals surface area contributed by atoms with Crippen molar-refractivity contribution in [2.75, 3.05) is 7.11 Å². The van der Waals surface area contributed by atoms with Gasteiger partial charge >= 0.3 is 0 Å². The second-order valence-corrected chi connectivity index (χ2v) is 8.57. The van der Waals surface area contributed by atoms with Crippen LogP contribution in [0, 0.1) is 0 Å². The van der Waals surface area contributed by atoms with E-state index in [4.69, 9.17) is 4.52 Å². The van der Waals surface area contributed by atoms with E-state index in [9.17, 15) is 0 Å². The summed E-state index contributed by atoms with van der Waals surface area (Å²) in [5.74, 6) is 0. The number of benzene rings is 1. The third-order valence-electron chi connectivity index (χ3n) is 2.99. The quantitative estimate of drug-likeness (QED) is 0.577. The highest BCUT2D eigenvalue weighted by Crippen LogP contribution is 2.43. The summed E-state index contributed by atoms with van der Waals surface area (Å²) < 4.78 is 7.11. The maximum atomic E-state index is 5.75. The van der Waals surface area contributed by atoms with Crippen LogP contribution in [0.3, 0.4) is 0 Å². The standard InChI is InChI=1S/C16H15OPS2/c1-17-18(12-13-6-3-2-4-7-13)16-10-9-15(20-16)14-8-5-11-19-14/h2-11H,12H2,1H3. The average molecular weight is 318 g/mol. The number of rotatable bonds is 5. The Bertz CT molecular complexity index is 646. The van der Waals surface area contributed by atoms with Gasteiger partial charge in [-0.1, -0.05) is 36.4 Å². The highest BCUT2D eigenvalue weighted by Gasteiger charge is 2.15. The summed E-state index contributed by atoms with van der Waals surface area (Å²) in [6.45, 7) is 0. The van der Waals surface area contributed by atoms with E-state index in [2.05, 4.69) is 60.0 Å². The molecule has 0 radical (unpaired) electrons. The Morgan fingerprint density at radius 2 is 1.80 bits per heavy atom. The summed E-state index contributed by atoms with van der Waals surface area (Å²) in [4.78, 5) is 2.68. The van der Waals surface area contributed by atoms with E-state index in [1.54, 1.807) is 11.3 Å². The fourth-order valence-electron chi connectivity index (χ4n) is 1.99. The molecule has 0 amide bonds. The lowest BCUT2D eigenvalue weighted by atomic mass is 10.2. The maximum absolute atomic E-state index is 5.75. The van der Waals surface area contributed by atoms with Crippen molar-refractivity contribution in [3.05, 3.63) is 65.5 Å². The van der Waals surface area contributed by atoms with E-state index >= 15 is 0 Å². The van der Waals surface area contributed by atoms with Crippen LogP contribution in [0.4, 0.5) is 0 Å². The Morgan fingerprint density at radius 1 is 0.950 bits per heavy atom. The van der Waals surface area contributed by atoms with Crippen molar-refractivity contribution in [1.29, 1.82) is 0 Å². The third kappa shape index (κ3) is 3.18. The molecule has 0 aliphatic carbocycles. The first kappa shape index (κ1) is 14.0. The first-order chi connectivity index (χ1) is 9.86. The molecule has 0 aliphatic heterocycles. The summed E-state index contributed by atoms with van der Waals surface area (Å²) in [6, 6.07) is 19.3. The topological polar surface area (TPSA) is 9.23 Å². The zero-order valence-electron chi connectivity index (χ0n) is 11.2. The van der Waals surface area contributed by atoms with Gasteiger partial charge in [0.2, 0.25) is 0 Å². The van der Waals surface area contributed by atoms with E-state index in [1.807, 2.05) is 18.4 Å². The van der Waals surface area contributed by atoms with E-state index in [-0.39, 0.29) is 0 Å². The number of hydrogen-bond donors (Lipinski definition) is 0. The summed E-state index contributed by atoms with van der Waals surface area (Å²) in [5.41, 5.74) is 1.34. The van der Waals surface area contributed by atoms with Crippen molar-refractivity contribution in [2.45, 2.75) is 6.16 Å². The van der Waals surface area contributed by atoms with Gasteiger partial charge in [-0.15, -0.1) is 22.7 Å². The SMILES string of the molecule is COP(Cc1ccccc1)c1ccc(-c2cccs2)s1. The average Bonchev–Trinajstić information content (AvgIpc) is 3.16. The van der Waals surface area contributed by atoms with Gasteiger partial charge in [-0.05, 0) is 29.1 Å². The van der Waals surface area contributed by atoms with Crippen LogP contribution in [0.1, 0.15) is 5.56 Å². The van der Waals surface area contributed by atoms with Crippen molar-refractivity contribution in [3.63, 3.8) is 0 Å². The van der Waals surface area contributed by atoms with Gasteiger partial charge in [0, 0.05) is 23.0 Å². The monoisotopic (exact) mass is 318 g/mol. The molecule has 0 fully saturated rings.